The molecule has 0 aliphatic carbocycles. The lowest BCUT2D eigenvalue weighted by atomic mass is 9.80. The fourth-order valence-electron chi connectivity index (χ4n) is 2.50. The Morgan fingerprint density at radius 1 is 1.50 bits per heavy atom. The van der Waals surface area contributed by atoms with Gasteiger partial charge in [-0.1, -0.05) is 0 Å². The molecule has 1 saturated heterocycles. The lowest BCUT2D eigenvalue weighted by Crippen LogP contribution is -2.42. The fourth-order valence-corrected chi connectivity index (χ4v) is 4.03. The Morgan fingerprint density at radius 3 is 2.78 bits per heavy atom. The van der Waals surface area contributed by atoms with Crippen LogP contribution < -0.4 is 0 Å². The van der Waals surface area contributed by atoms with Crippen molar-refractivity contribution in [2.45, 2.75) is 19.4 Å². The van der Waals surface area contributed by atoms with Crippen molar-refractivity contribution in [3.63, 3.8) is 0 Å². The van der Waals surface area contributed by atoms with Crippen molar-refractivity contribution in [2.24, 2.45) is 5.41 Å². The second-order valence-electron chi connectivity index (χ2n) is 5.17. The van der Waals surface area contributed by atoms with Gasteiger partial charge in [0.2, 0.25) is 0 Å². The monoisotopic (exact) mass is 333 g/mol. The Morgan fingerprint density at radius 2 is 2.22 bits per heavy atom. The van der Waals surface area contributed by atoms with E-state index in [0.29, 0.717) is 0 Å². The summed E-state index contributed by atoms with van der Waals surface area (Å²) in [5.74, 6) is 0. The first-order valence-corrected chi connectivity index (χ1v) is 7.91. The third-order valence-corrected chi connectivity index (χ3v) is 5.22. The average molecular weight is 334 g/mol. The van der Waals surface area contributed by atoms with Gasteiger partial charge < -0.3 is 14.7 Å². The smallest absolute Gasteiger partial charge is 0.0501 e. The van der Waals surface area contributed by atoms with Gasteiger partial charge in [0.25, 0.3) is 0 Å². The van der Waals surface area contributed by atoms with E-state index >= 15 is 0 Å². The predicted octanol–water partition coefficient (Wildman–Crippen LogP) is 2.73. The van der Waals surface area contributed by atoms with Crippen LogP contribution in [-0.2, 0) is 11.3 Å². The van der Waals surface area contributed by atoms with Crippen molar-refractivity contribution < 1.29 is 9.84 Å². The maximum Gasteiger partial charge on any atom is 0.0501 e. The van der Waals surface area contributed by atoms with Crippen LogP contribution in [0.25, 0.3) is 0 Å². The second-order valence-corrected chi connectivity index (χ2v) is 7.09. The van der Waals surface area contributed by atoms with Crippen molar-refractivity contribution in [2.75, 3.05) is 33.4 Å². The highest BCUT2D eigenvalue weighted by molar-refractivity contribution is 9.10. The molecule has 1 aromatic heterocycles. The third-order valence-electron chi connectivity index (χ3n) is 3.54. The zero-order chi connectivity index (χ0) is 13.0. The van der Waals surface area contributed by atoms with Crippen molar-refractivity contribution >= 4 is 27.3 Å². The maximum atomic E-state index is 9.67. The van der Waals surface area contributed by atoms with Gasteiger partial charge in [-0.05, 0) is 41.9 Å². The van der Waals surface area contributed by atoms with E-state index in [1.807, 2.05) is 0 Å². The molecule has 102 valence electrons. The van der Waals surface area contributed by atoms with Crippen molar-refractivity contribution in [1.82, 2.24) is 4.90 Å². The van der Waals surface area contributed by atoms with Gasteiger partial charge in [0, 0.05) is 46.4 Å². The largest absolute Gasteiger partial charge is 0.396 e. The Labute approximate surface area is 121 Å². The quantitative estimate of drug-likeness (QED) is 0.899. The van der Waals surface area contributed by atoms with Crippen molar-refractivity contribution in [3.8, 4) is 0 Å². The molecular formula is C13H20BrNO2S. The lowest BCUT2D eigenvalue weighted by Gasteiger charge is -2.38. The van der Waals surface area contributed by atoms with Crippen LogP contribution in [0.1, 0.15) is 17.7 Å². The number of ether oxygens (including phenoxy) is 1. The van der Waals surface area contributed by atoms with Crippen LogP contribution in [0.5, 0.6) is 0 Å². The molecule has 0 unspecified atom stereocenters. The van der Waals surface area contributed by atoms with Gasteiger partial charge in [0.15, 0.2) is 0 Å². The molecule has 0 radical (unpaired) electrons. The van der Waals surface area contributed by atoms with Crippen LogP contribution in [0, 0.1) is 5.41 Å². The van der Waals surface area contributed by atoms with Crippen LogP contribution in [0.3, 0.4) is 0 Å². The van der Waals surface area contributed by atoms with E-state index in [9.17, 15) is 5.11 Å². The molecule has 1 aliphatic heterocycles. The van der Waals surface area contributed by atoms with Crippen molar-refractivity contribution in [3.05, 3.63) is 20.8 Å². The number of rotatable bonds is 5. The highest BCUT2D eigenvalue weighted by Gasteiger charge is 2.33. The summed E-state index contributed by atoms with van der Waals surface area (Å²) >= 11 is 5.25. The molecule has 0 bridgehead atoms. The summed E-state index contributed by atoms with van der Waals surface area (Å²) in [5.41, 5.74) is 0.0293. The molecule has 0 atom stereocenters. The van der Waals surface area contributed by atoms with Gasteiger partial charge >= 0.3 is 0 Å². The van der Waals surface area contributed by atoms with Crippen LogP contribution in [0.2, 0.25) is 0 Å². The molecule has 18 heavy (non-hydrogen) atoms. The van der Waals surface area contributed by atoms with Gasteiger partial charge in [0.1, 0.15) is 0 Å². The van der Waals surface area contributed by atoms with Crippen LogP contribution in [0.4, 0.5) is 0 Å². The number of hydrogen-bond donors (Lipinski definition) is 1. The molecule has 0 amide bonds. The van der Waals surface area contributed by atoms with E-state index < -0.39 is 0 Å². The summed E-state index contributed by atoms with van der Waals surface area (Å²) in [4.78, 5) is 3.66. The van der Waals surface area contributed by atoms with Gasteiger partial charge in [0.05, 0.1) is 6.61 Å². The topological polar surface area (TPSA) is 32.7 Å². The summed E-state index contributed by atoms with van der Waals surface area (Å²) in [5, 5.41) is 11.8. The first-order valence-electron chi connectivity index (χ1n) is 6.24. The highest BCUT2D eigenvalue weighted by Crippen LogP contribution is 2.31. The zero-order valence-corrected chi connectivity index (χ0v) is 13.1. The molecule has 0 aromatic carbocycles. The molecule has 1 N–H and O–H groups in total. The minimum atomic E-state index is 0.0293. The van der Waals surface area contributed by atoms with Gasteiger partial charge in [-0.25, -0.2) is 0 Å². The lowest BCUT2D eigenvalue weighted by molar-refractivity contribution is -0.0317. The number of hydrogen-bond acceptors (Lipinski definition) is 4. The predicted molar refractivity (Wildman–Crippen MR) is 77.9 cm³/mol. The van der Waals surface area contributed by atoms with E-state index in [4.69, 9.17) is 4.74 Å². The van der Waals surface area contributed by atoms with E-state index in [1.54, 1.807) is 11.3 Å². The highest BCUT2D eigenvalue weighted by atomic mass is 79.9. The zero-order valence-electron chi connectivity index (χ0n) is 10.7. The summed E-state index contributed by atoms with van der Waals surface area (Å²) in [7, 11) is 2.13. The average Bonchev–Trinajstić information content (AvgIpc) is 2.75. The molecule has 3 nitrogen and oxygen atoms in total. The molecule has 0 spiro atoms. The van der Waals surface area contributed by atoms with Crippen LogP contribution in [0.15, 0.2) is 15.9 Å². The van der Waals surface area contributed by atoms with Gasteiger partial charge in [-0.15, -0.1) is 11.3 Å². The molecule has 0 saturated carbocycles. The van der Waals surface area contributed by atoms with E-state index in [1.165, 1.54) is 4.88 Å². The number of aliphatic hydroxyl groups excluding tert-OH is 1. The van der Waals surface area contributed by atoms with E-state index in [-0.39, 0.29) is 12.0 Å². The standard InChI is InChI=1S/C13H20BrNO2S/c1-15(7-12-6-11(14)8-18-12)9-13(10-16)2-4-17-5-3-13/h6,8,16H,2-5,7,9-10H2,1H3. The number of thiophene rings is 1. The minimum Gasteiger partial charge on any atom is -0.396 e. The Bertz CT molecular complexity index is 377. The molecule has 2 rings (SSSR count). The molecular weight excluding hydrogens is 314 g/mol. The molecule has 2 heterocycles. The Balaban J connectivity index is 1.90. The van der Waals surface area contributed by atoms with Gasteiger partial charge in [-0.2, -0.15) is 0 Å². The molecule has 5 heteroatoms. The maximum absolute atomic E-state index is 9.67. The fraction of sp³-hybridized carbons (Fsp3) is 0.692. The number of halogens is 1. The van der Waals surface area contributed by atoms with E-state index in [0.717, 1.165) is 43.6 Å². The summed E-state index contributed by atoms with van der Waals surface area (Å²) in [6, 6.07) is 2.16. The summed E-state index contributed by atoms with van der Waals surface area (Å²) < 4.78 is 6.55. The second kappa shape index (κ2) is 6.48. The first-order chi connectivity index (χ1) is 8.63. The Hall–Kier alpha value is 0.0600. The van der Waals surface area contributed by atoms with Crippen LogP contribution in [-0.4, -0.2) is 43.4 Å². The molecule has 1 fully saturated rings. The molecule has 1 aromatic rings. The number of aliphatic hydroxyl groups is 1. The normalized spacial score (nSPS) is 19.3. The van der Waals surface area contributed by atoms with Gasteiger partial charge in [-0.3, -0.25) is 0 Å². The molecule has 1 aliphatic rings. The summed E-state index contributed by atoms with van der Waals surface area (Å²) in [6.07, 6.45) is 1.92. The summed E-state index contributed by atoms with van der Waals surface area (Å²) in [6.45, 7) is 3.69. The minimum absolute atomic E-state index is 0.0293. The van der Waals surface area contributed by atoms with E-state index in [2.05, 4.69) is 39.3 Å². The van der Waals surface area contributed by atoms with Crippen LogP contribution >= 0.6 is 27.3 Å². The number of nitrogens with zero attached hydrogens (tertiary/aromatic N) is 1. The van der Waals surface area contributed by atoms with Crippen molar-refractivity contribution in [1.29, 1.82) is 0 Å². The first kappa shape index (κ1) is 14.5. The SMILES string of the molecule is CN(Cc1cc(Br)cs1)CC1(CO)CCOCC1. The Kier molecular flexibility index (Phi) is 5.21. The third kappa shape index (κ3) is 3.78.